The summed E-state index contributed by atoms with van der Waals surface area (Å²) in [5.74, 6) is -0.715. The summed E-state index contributed by atoms with van der Waals surface area (Å²) in [5, 5.41) is 8.84. The molecule has 1 aliphatic rings. The third-order valence-corrected chi connectivity index (χ3v) is 4.39. The molecule has 0 saturated heterocycles. The first-order chi connectivity index (χ1) is 10.0. The van der Waals surface area contributed by atoms with Crippen LogP contribution < -0.4 is 10.0 Å². The molecular formula is C12H19ClN4O4S. The van der Waals surface area contributed by atoms with Gasteiger partial charge >= 0.3 is 5.97 Å². The Morgan fingerprint density at radius 3 is 2.91 bits per heavy atom. The number of nitrogens with one attached hydrogen (secondary N) is 3. The molecule has 0 saturated carbocycles. The van der Waals surface area contributed by atoms with Gasteiger partial charge in [0.05, 0.1) is 12.8 Å². The molecule has 2 rings (SSSR count). The Balaban J connectivity index is 0.00000242. The first kappa shape index (κ1) is 18.6. The molecular weight excluding hydrogens is 332 g/mol. The topological polar surface area (TPSA) is 113 Å². The molecule has 8 nitrogen and oxygen atoms in total. The Morgan fingerprint density at radius 2 is 2.27 bits per heavy atom. The van der Waals surface area contributed by atoms with Gasteiger partial charge in [-0.2, -0.15) is 5.10 Å². The van der Waals surface area contributed by atoms with Crippen molar-refractivity contribution in [3.8, 4) is 0 Å². The average molecular weight is 351 g/mol. The van der Waals surface area contributed by atoms with E-state index >= 15 is 0 Å². The van der Waals surface area contributed by atoms with E-state index in [9.17, 15) is 13.2 Å². The van der Waals surface area contributed by atoms with Crippen LogP contribution in [0.15, 0.2) is 22.9 Å². The highest BCUT2D eigenvalue weighted by atomic mass is 35.5. The Morgan fingerprint density at radius 1 is 1.50 bits per heavy atom. The van der Waals surface area contributed by atoms with E-state index in [1.54, 1.807) is 6.92 Å². The summed E-state index contributed by atoms with van der Waals surface area (Å²) < 4.78 is 31.7. The van der Waals surface area contributed by atoms with Crippen LogP contribution in [-0.4, -0.2) is 50.8 Å². The summed E-state index contributed by atoms with van der Waals surface area (Å²) in [4.78, 5) is 11.7. The summed E-state index contributed by atoms with van der Waals surface area (Å²) in [6, 6.07) is 0. The molecule has 0 aliphatic carbocycles. The normalized spacial score (nSPS) is 14.9. The van der Waals surface area contributed by atoms with Gasteiger partial charge in [0.25, 0.3) is 10.0 Å². The number of aromatic nitrogens is 2. The lowest BCUT2D eigenvalue weighted by molar-refractivity contribution is 0.0522. The molecule has 124 valence electrons. The number of carbonyl (C=O) groups is 1. The van der Waals surface area contributed by atoms with Crippen molar-refractivity contribution in [1.29, 1.82) is 0 Å². The van der Waals surface area contributed by atoms with Crippen LogP contribution >= 0.6 is 12.4 Å². The molecule has 2 heterocycles. The molecule has 1 aliphatic heterocycles. The van der Waals surface area contributed by atoms with Crippen molar-refractivity contribution in [3.05, 3.63) is 23.4 Å². The lowest BCUT2D eigenvalue weighted by atomic mass is 10.1. The molecule has 0 amide bonds. The average Bonchev–Trinajstić information content (AvgIpc) is 2.97. The first-order valence-corrected chi connectivity index (χ1v) is 8.11. The van der Waals surface area contributed by atoms with E-state index in [2.05, 4.69) is 20.2 Å². The summed E-state index contributed by atoms with van der Waals surface area (Å²) in [6.07, 6.45) is 3.89. The third-order valence-electron chi connectivity index (χ3n) is 3.02. The number of ether oxygens (including phenoxy) is 1. The fourth-order valence-electron chi connectivity index (χ4n) is 1.92. The maximum absolute atomic E-state index is 12.2. The van der Waals surface area contributed by atoms with Crippen molar-refractivity contribution < 1.29 is 17.9 Å². The number of sulfonamides is 1. The zero-order valence-corrected chi connectivity index (χ0v) is 13.7. The van der Waals surface area contributed by atoms with Crippen LogP contribution in [0, 0.1) is 0 Å². The van der Waals surface area contributed by atoms with Crippen molar-refractivity contribution in [2.24, 2.45) is 0 Å². The van der Waals surface area contributed by atoms with Crippen LogP contribution in [-0.2, 0) is 14.8 Å². The second-order valence-electron chi connectivity index (χ2n) is 4.47. The highest BCUT2D eigenvalue weighted by Crippen LogP contribution is 2.14. The van der Waals surface area contributed by atoms with Crippen LogP contribution in [0.1, 0.15) is 23.7 Å². The highest BCUT2D eigenvalue weighted by Gasteiger charge is 2.25. The lowest BCUT2D eigenvalue weighted by Gasteiger charge is -2.14. The number of halogens is 1. The molecule has 3 N–H and O–H groups in total. The van der Waals surface area contributed by atoms with Crippen LogP contribution in [0.2, 0.25) is 0 Å². The second-order valence-corrected chi connectivity index (χ2v) is 6.18. The first-order valence-electron chi connectivity index (χ1n) is 6.63. The summed E-state index contributed by atoms with van der Waals surface area (Å²) >= 11 is 0. The van der Waals surface area contributed by atoms with Gasteiger partial charge in [0.15, 0.2) is 5.03 Å². The lowest BCUT2D eigenvalue weighted by Crippen LogP contribution is -2.30. The second kappa shape index (κ2) is 8.28. The van der Waals surface area contributed by atoms with E-state index < -0.39 is 16.0 Å². The fraction of sp³-hybridized carbons (Fsp3) is 0.500. The molecule has 1 aromatic rings. The Hall–Kier alpha value is -1.42. The zero-order chi connectivity index (χ0) is 15.3. The van der Waals surface area contributed by atoms with Crippen molar-refractivity contribution in [1.82, 2.24) is 20.2 Å². The molecule has 0 bridgehead atoms. The van der Waals surface area contributed by atoms with Crippen molar-refractivity contribution in [3.63, 3.8) is 0 Å². The van der Waals surface area contributed by atoms with Gasteiger partial charge < -0.3 is 10.1 Å². The SMILES string of the molecule is CCOC(=O)c1cn[nH]c1S(=O)(=O)NCC1=CCNCC1.Cl. The summed E-state index contributed by atoms with van der Waals surface area (Å²) in [7, 11) is -3.84. The summed E-state index contributed by atoms with van der Waals surface area (Å²) in [6.45, 7) is 3.58. The molecule has 22 heavy (non-hydrogen) atoms. The van der Waals surface area contributed by atoms with Gasteiger partial charge in [0.1, 0.15) is 5.56 Å². The molecule has 0 aromatic carbocycles. The Labute approximate surface area is 135 Å². The van der Waals surface area contributed by atoms with Gasteiger partial charge in [0, 0.05) is 13.1 Å². The van der Waals surface area contributed by atoms with Crippen molar-refractivity contribution >= 4 is 28.4 Å². The minimum atomic E-state index is -3.84. The van der Waals surface area contributed by atoms with Gasteiger partial charge in [-0.1, -0.05) is 11.6 Å². The number of hydrogen-bond donors (Lipinski definition) is 3. The Kier molecular flexibility index (Phi) is 7.01. The number of aromatic amines is 1. The molecule has 0 atom stereocenters. The van der Waals surface area contributed by atoms with E-state index in [4.69, 9.17) is 4.74 Å². The number of nitrogens with zero attached hydrogens (tertiary/aromatic N) is 1. The monoisotopic (exact) mass is 350 g/mol. The third kappa shape index (κ3) is 4.54. The maximum atomic E-state index is 12.2. The molecule has 0 radical (unpaired) electrons. The van der Waals surface area contributed by atoms with Gasteiger partial charge in [-0.05, 0) is 19.9 Å². The van der Waals surface area contributed by atoms with Gasteiger partial charge in [-0.15, -0.1) is 12.4 Å². The van der Waals surface area contributed by atoms with Gasteiger partial charge in [-0.3, -0.25) is 5.10 Å². The van der Waals surface area contributed by atoms with E-state index in [-0.39, 0.29) is 36.1 Å². The van der Waals surface area contributed by atoms with Crippen molar-refractivity contribution in [2.45, 2.75) is 18.4 Å². The minimum Gasteiger partial charge on any atom is -0.462 e. The summed E-state index contributed by atoms with van der Waals surface area (Å²) in [5.41, 5.74) is 0.915. The Bertz CT molecular complexity index is 641. The van der Waals surface area contributed by atoms with E-state index in [1.807, 2.05) is 6.08 Å². The van der Waals surface area contributed by atoms with E-state index in [0.29, 0.717) is 0 Å². The standard InChI is InChI=1S/C12H18N4O4S.ClH/c1-2-20-12(17)10-8-14-16-11(10)21(18,19)15-7-9-3-5-13-6-4-9;/h3,8,13,15H,2,4-7H2,1H3,(H,14,16);1H. The quantitative estimate of drug-likeness (QED) is 0.499. The van der Waals surface area contributed by atoms with E-state index in [1.165, 1.54) is 0 Å². The van der Waals surface area contributed by atoms with Crippen LogP contribution in [0.25, 0.3) is 0 Å². The number of carbonyl (C=O) groups excluding carboxylic acids is 1. The van der Waals surface area contributed by atoms with E-state index in [0.717, 1.165) is 31.3 Å². The molecule has 10 heteroatoms. The predicted molar refractivity (Wildman–Crippen MR) is 82.6 cm³/mol. The smallest absolute Gasteiger partial charge is 0.342 e. The van der Waals surface area contributed by atoms with Crippen LogP contribution in [0.3, 0.4) is 0 Å². The number of H-pyrrole nitrogens is 1. The van der Waals surface area contributed by atoms with Gasteiger partial charge in [0.2, 0.25) is 0 Å². The van der Waals surface area contributed by atoms with Crippen molar-refractivity contribution in [2.75, 3.05) is 26.2 Å². The molecule has 0 unspecified atom stereocenters. The largest absolute Gasteiger partial charge is 0.462 e. The molecule has 1 aromatic heterocycles. The number of hydrogen-bond acceptors (Lipinski definition) is 6. The van der Waals surface area contributed by atoms with Gasteiger partial charge in [-0.25, -0.2) is 17.9 Å². The van der Waals surface area contributed by atoms with Crippen LogP contribution in [0.5, 0.6) is 0 Å². The number of rotatable bonds is 6. The zero-order valence-electron chi connectivity index (χ0n) is 12.1. The minimum absolute atomic E-state index is 0. The number of esters is 1. The van der Waals surface area contributed by atoms with Crippen LogP contribution in [0.4, 0.5) is 0 Å². The highest BCUT2D eigenvalue weighted by molar-refractivity contribution is 7.89. The molecule has 0 spiro atoms. The fourth-order valence-corrected chi connectivity index (χ4v) is 3.04. The predicted octanol–water partition coefficient (Wildman–Crippen LogP) is 0.206. The maximum Gasteiger partial charge on any atom is 0.342 e. The molecule has 0 fully saturated rings.